The molecule has 0 aliphatic rings. The quantitative estimate of drug-likeness (QED) is 0.745. The summed E-state index contributed by atoms with van der Waals surface area (Å²) in [6, 6.07) is 12.3. The summed E-state index contributed by atoms with van der Waals surface area (Å²) in [5, 5.41) is 4.65. The van der Waals surface area contributed by atoms with Gasteiger partial charge in [0.1, 0.15) is 17.1 Å². The highest BCUT2D eigenvalue weighted by Crippen LogP contribution is 2.29. The molecule has 2 aromatic heterocycles. The van der Waals surface area contributed by atoms with E-state index in [4.69, 9.17) is 8.83 Å². The molecule has 104 valence electrons. The number of furan rings is 2. The van der Waals surface area contributed by atoms with Gasteiger partial charge in [-0.15, -0.1) is 0 Å². The van der Waals surface area contributed by atoms with Crippen molar-refractivity contribution in [2.75, 3.05) is 6.54 Å². The number of benzene rings is 1. The third-order valence-electron chi connectivity index (χ3n) is 3.41. The van der Waals surface area contributed by atoms with Gasteiger partial charge in [0, 0.05) is 10.9 Å². The molecule has 0 radical (unpaired) electrons. The molecule has 20 heavy (non-hydrogen) atoms. The molecule has 0 saturated carbocycles. The molecule has 1 atom stereocenters. The molecule has 0 aliphatic heterocycles. The van der Waals surface area contributed by atoms with Gasteiger partial charge in [0.25, 0.3) is 0 Å². The van der Waals surface area contributed by atoms with E-state index < -0.39 is 0 Å². The van der Waals surface area contributed by atoms with E-state index in [9.17, 15) is 0 Å². The number of nitrogens with one attached hydrogen (secondary N) is 1. The number of aryl methyl sites for hydroxylation is 1. The number of hydrogen-bond acceptors (Lipinski definition) is 3. The van der Waals surface area contributed by atoms with Crippen molar-refractivity contribution in [3.8, 4) is 0 Å². The van der Waals surface area contributed by atoms with Gasteiger partial charge in [0.15, 0.2) is 0 Å². The van der Waals surface area contributed by atoms with Crippen LogP contribution in [0.25, 0.3) is 11.0 Å². The number of rotatable bonds is 5. The summed E-state index contributed by atoms with van der Waals surface area (Å²) >= 11 is 0. The Bertz CT molecular complexity index is 663. The van der Waals surface area contributed by atoms with Gasteiger partial charge in [-0.1, -0.05) is 25.1 Å². The van der Waals surface area contributed by atoms with E-state index in [-0.39, 0.29) is 6.04 Å². The van der Waals surface area contributed by atoms with Crippen LogP contribution in [0.15, 0.2) is 51.5 Å². The first-order chi connectivity index (χ1) is 9.78. The zero-order valence-electron chi connectivity index (χ0n) is 11.8. The molecule has 3 heteroatoms. The highest BCUT2D eigenvalue weighted by atomic mass is 16.3. The Morgan fingerprint density at radius 1 is 1.20 bits per heavy atom. The summed E-state index contributed by atoms with van der Waals surface area (Å²) in [6.45, 7) is 5.05. The second-order valence-electron chi connectivity index (χ2n) is 5.06. The van der Waals surface area contributed by atoms with Crippen molar-refractivity contribution < 1.29 is 8.83 Å². The lowest BCUT2D eigenvalue weighted by atomic mass is 10.1. The molecule has 1 N–H and O–H groups in total. The molecule has 0 saturated heterocycles. The third kappa shape index (κ3) is 2.49. The first-order valence-corrected chi connectivity index (χ1v) is 7.05. The molecule has 2 heterocycles. The smallest absolute Gasteiger partial charge is 0.134 e. The molecule has 0 bridgehead atoms. The number of fused-ring (bicyclic) bond motifs is 1. The molecule has 3 nitrogen and oxygen atoms in total. The summed E-state index contributed by atoms with van der Waals surface area (Å²) < 4.78 is 11.4. The first kappa shape index (κ1) is 13.0. The van der Waals surface area contributed by atoms with E-state index in [0.717, 1.165) is 41.0 Å². The maximum Gasteiger partial charge on any atom is 0.134 e. The Balaban J connectivity index is 1.99. The van der Waals surface area contributed by atoms with Gasteiger partial charge in [-0.2, -0.15) is 0 Å². The molecule has 0 fully saturated rings. The SMILES string of the molecule is CCCNC(c1coc(C)c1)c1cc2ccccc2o1. The summed E-state index contributed by atoms with van der Waals surface area (Å²) in [7, 11) is 0. The minimum absolute atomic E-state index is 0.0415. The zero-order valence-corrected chi connectivity index (χ0v) is 11.8. The van der Waals surface area contributed by atoms with Crippen molar-refractivity contribution >= 4 is 11.0 Å². The Hall–Kier alpha value is -2.00. The standard InChI is InChI=1S/C17H19NO2/c1-3-8-18-17(14-9-12(2)19-11-14)16-10-13-6-4-5-7-15(13)20-16/h4-7,9-11,17-18H,3,8H2,1-2H3. The zero-order chi connectivity index (χ0) is 13.9. The van der Waals surface area contributed by atoms with Gasteiger partial charge in [-0.25, -0.2) is 0 Å². The normalized spacial score (nSPS) is 12.9. The molecule has 3 rings (SSSR count). The van der Waals surface area contributed by atoms with Crippen molar-refractivity contribution in [3.63, 3.8) is 0 Å². The summed E-state index contributed by atoms with van der Waals surface area (Å²) in [5.74, 6) is 1.85. The Morgan fingerprint density at radius 3 is 2.75 bits per heavy atom. The Morgan fingerprint density at radius 2 is 2.05 bits per heavy atom. The lowest BCUT2D eigenvalue weighted by molar-refractivity contribution is 0.463. The van der Waals surface area contributed by atoms with Crippen LogP contribution in [0, 0.1) is 6.92 Å². The molecular formula is C17H19NO2. The summed E-state index contributed by atoms with van der Waals surface area (Å²) in [5.41, 5.74) is 2.03. The highest BCUT2D eigenvalue weighted by Gasteiger charge is 2.19. The van der Waals surface area contributed by atoms with Crippen LogP contribution in [0.1, 0.15) is 36.5 Å². The summed E-state index contributed by atoms with van der Waals surface area (Å²) in [4.78, 5) is 0. The second kappa shape index (κ2) is 5.55. The van der Waals surface area contributed by atoms with Crippen LogP contribution in [0.5, 0.6) is 0 Å². The minimum atomic E-state index is 0.0415. The van der Waals surface area contributed by atoms with Crippen molar-refractivity contribution in [2.45, 2.75) is 26.3 Å². The van der Waals surface area contributed by atoms with Gasteiger partial charge in [0.05, 0.1) is 12.3 Å². The number of para-hydroxylation sites is 1. The largest absolute Gasteiger partial charge is 0.469 e. The predicted molar refractivity (Wildman–Crippen MR) is 79.8 cm³/mol. The molecule has 0 aliphatic carbocycles. The first-order valence-electron chi connectivity index (χ1n) is 7.05. The molecule has 3 aromatic rings. The van der Waals surface area contributed by atoms with E-state index in [1.807, 2.05) is 25.1 Å². The van der Waals surface area contributed by atoms with E-state index in [1.165, 1.54) is 0 Å². The monoisotopic (exact) mass is 269 g/mol. The fourth-order valence-corrected chi connectivity index (χ4v) is 2.43. The van der Waals surface area contributed by atoms with Crippen molar-refractivity contribution in [1.29, 1.82) is 0 Å². The molecule has 0 amide bonds. The van der Waals surface area contributed by atoms with Crippen LogP contribution >= 0.6 is 0 Å². The van der Waals surface area contributed by atoms with Crippen LogP contribution in [0.2, 0.25) is 0 Å². The van der Waals surface area contributed by atoms with Gasteiger partial charge >= 0.3 is 0 Å². The second-order valence-corrected chi connectivity index (χ2v) is 5.06. The fourth-order valence-electron chi connectivity index (χ4n) is 2.43. The van der Waals surface area contributed by atoms with E-state index in [1.54, 1.807) is 6.26 Å². The minimum Gasteiger partial charge on any atom is -0.469 e. The van der Waals surface area contributed by atoms with Crippen LogP contribution in [-0.2, 0) is 0 Å². The lowest BCUT2D eigenvalue weighted by Gasteiger charge is -2.14. The third-order valence-corrected chi connectivity index (χ3v) is 3.41. The maximum atomic E-state index is 5.99. The number of hydrogen-bond donors (Lipinski definition) is 1. The van der Waals surface area contributed by atoms with E-state index in [0.29, 0.717) is 0 Å². The van der Waals surface area contributed by atoms with Gasteiger partial charge in [-0.05, 0) is 38.1 Å². The van der Waals surface area contributed by atoms with Gasteiger partial charge in [0.2, 0.25) is 0 Å². The van der Waals surface area contributed by atoms with E-state index in [2.05, 4.69) is 30.4 Å². The molecule has 1 aromatic carbocycles. The van der Waals surface area contributed by atoms with Crippen LogP contribution in [0.3, 0.4) is 0 Å². The van der Waals surface area contributed by atoms with Gasteiger partial charge in [-0.3, -0.25) is 0 Å². The van der Waals surface area contributed by atoms with Crippen molar-refractivity contribution in [1.82, 2.24) is 5.32 Å². The lowest BCUT2D eigenvalue weighted by Crippen LogP contribution is -2.22. The predicted octanol–water partition coefficient (Wildman–Crippen LogP) is 4.42. The Kier molecular flexibility index (Phi) is 3.61. The van der Waals surface area contributed by atoms with Crippen LogP contribution in [0.4, 0.5) is 0 Å². The Labute approximate surface area is 118 Å². The van der Waals surface area contributed by atoms with Crippen molar-refractivity contribution in [2.24, 2.45) is 0 Å². The van der Waals surface area contributed by atoms with Crippen LogP contribution in [-0.4, -0.2) is 6.54 Å². The molecule has 1 unspecified atom stereocenters. The average Bonchev–Trinajstić information content (AvgIpc) is 3.05. The fraction of sp³-hybridized carbons (Fsp3) is 0.294. The summed E-state index contributed by atoms with van der Waals surface area (Å²) in [6.07, 6.45) is 2.88. The topological polar surface area (TPSA) is 38.3 Å². The maximum absolute atomic E-state index is 5.99. The average molecular weight is 269 g/mol. The highest BCUT2D eigenvalue weighted by molar-refractivity contribution is 5.77. The van der Waals surface area contributed by atoms with Gasteiger partial charge < -0.3 is 14.2 Å². The van der Waals surface area contributed by atoms with E-state index >= 15 is 0 Å². The molecule has 0 spiro atoms. The van der Waals surface area contributed by atoms with Crippen LogP contribution < -0.4 is 5.32 Å². The van der Waals surface area contributed by atoms with Crippen molar-refractivity contribution in [3.05, 3.63) is 59.7 Å². The molecular weight excluding hydrogens is 250 g/mol.